The minimum Gasteiger partial charge on any atom is -0.329 e. The van der Waals surface area contributed by atoms with Crippen LogP contribution in [0.4, 0.5) is 0 Å². The summed E-state index contributed by atoms with van der Waals surface area (Å²) < 4.78 is 2.60. The molecule has 0 saturated carbocycles. The number of rotatable bonds is 2. The molecule has 0 aliphatic carbocycles. The van der Waals surface area contributed by atoms with Crippen LogP contribution < -0.4 is 0 Å². The van der Waals surface area contributed by atoms with Gasteiger partial charge in [-0.3, -0.25) is 4.57 Å². The van der Waals surface area contributed by atoms with Gasteiger partial charge in [-0.25, -0.2) is 4.98 Å². The molecule has 0 amide bonds. The van der Waals surface area contributed by atoms with E-state index in [0.717, 1.165) is 16.9 Å². The van der Waals surface area contributed by atoms with Crippen LogP contribution in [0.5, 0.6) is 0 Å². The minimum absolute atomic E-state index is 0.408. The van der Waals surface area contributed by atoms with Gasteiger partial charge in [-0.2, -0.15) is 0 Å². The van der Waals surface area contributed by atoms with E-state index in [4.69, 9.17) is 23.8 Å². The molecule has 0 unspecified atom stereocenters. The van der Waals surface area contributed by atoms with Crippen molar-refractivity contribution in [1.82, 2.24) is 14.5 Å². The Morgan fingerprint density at radius 1 is 1.30 bits per heavy atom. The number of nitrogens with one attached hydrogen (secondary N) is 1. The van der Waals surface area contributed by atoms with Gasteiger partial charge in [0.15, 0.2) is 10.4 Å². The molecule has 0 atom stereocenters. The van der Waals surface area contributed by atoms with Gasteiger partial charge in [0.2, 0.25) is 0 Å². The molecular weight excluding hydrogens is 290 g/mol. The highest BCUT2D eigenvalue weighted by molar-refractivity contribution is 7.71. The van der Waals surface area contributed by atoms with Crippen LogP contribution in [0.1, 0.15) is 25.3 Å². The van der Waals surface area contributed by atoms with E-state index < -0.39 is 0 Å². The smallest absolute Gasteiger partial charge is 0.184 e. The third kappa shape index (κ3) is 2.15. The van der Waals surface area contributed by atoms with Crippen LogP contribution in [0, 0.1) is 4.77 Å². The molecule has 0 aliphatic rings. The largest absolute Gasteiger partial charge is 0.329 e. The van der Waals surface area contributed by atoms with Gasteiger partial charge in [-0.05, 0) is 35.8 Å². The Labute approximate surface area is 127 Å². The average Bonchev–Trinajstić information content (AvgIpc) is 2.73. The lowest BCUT2D eigenvalue weighted by Gasteiger charge is -2.13. The normalized spacial score (nSPS) is 11.4. The molecule has 3 nitrogen and oxygen atoms in total. The third-order valence-electron chi connectivity index (χ3n) is 3.29. The van der Waals surface area contributed by atoms with Gasteiger partial charge in [0.1, 0.15) is 0 Å². The molecule has 2 aromatic heterocycles. The Balaban J connectivity index is 2.36. The number of hydrogen-bond donors (Lipinski definition) is 1. The van der Waals surface area contributed by atoms with Crippen molar-refractivity contribution < 1.29 is 0 Å². The molecule has 0 bridgehead atoms. The first-order valence-corrected chi connectivity index (χ1v) is 7.22. The molecule has 0 aliphatic heterocycles. The maximum atomic E-state index is 5.98. The summed E-state index contributed by atoms with van der Waals surface area (Å²) in [6, 6.07) is 10.1. The number of halogens is 1. The summed E-state index contributed by atoms with van der Waals surface area (Å²) in [5.74, 6) is 0.408. The zero-order chi connectivity index (χ0) is 14.3. The van der Waals surface area contributed by atoms with Crippen molar-refractivity contribution in [2.24, 2.45) is 0 Å². The molecular formula is C15H14ClN3S. The lowest BCUT2D eigenvalue weighted by Crippen LogP contribution is -2.01. The first kappa shape index (κ1) is 13.3. The molecule has 5 heteroatoms. The van der Waals surface area contributed by atoms with Gasteiger partial charge >= 0.3 is 0 Å². The van der Waals surface area contributed by atoms with Crippen LogP contribution in [0.3, 0.4) is 0 Å². The minimum atomic E-state index is 0.408. The fourth-order valence-electron chi connectivity index (χ4n) is 2.37. The molecule has 0 saturated heterocycles. The molecule has 2 heterocycles. The number of fused-ring (bicyclic) bond motifs is 1. The Bertz CT molecular complexity index is 832. The summed E-state index contributed by atoms with van der Waals surface area (Å²) in [6.07, 6.45) is 1.64. The van der Waals surface area contributed by atoms with E-state index in [1.807, 2.05) is 22.8 Å². The van der Waals surface area contributed by atoms with E-state index in [2.05, 4.69) is 35.9 Å². The Morgan fingerprint density at radius 3 is 2.80 bits per heavy atom. The van der Waals surface area contributed by atoms with E-state index >= 15 is 0 Å². The van der Waals surface area contributed by atoms with Crippen LogP contribution in [-0.4, -0.2) is 14.5 Å². The highest BCUT2D eigenvalue weighted by Crippen LogP contribution is 2.26. The summed E-state index contributed by atoms with van der Waals surface area (Å²) in [5.41, 5.74) is 3.95. The van der Waals surface area contributed by atoms with Crippen molar-refractivity contribution in [3.8, 4) is 5.69 Å². The summed E-state index contributed by atoms with van der Waals surface area (Å²) in [7, 11) is 0. The quantitative estimate of drug-likeness (QED) is 0.686. The van der Waals surface area contributed by atoms with Gasteiger partial charge in [0.05, 0.1) is 16.2 Å². The molecule has 0 fully saturated rings. The maximum Gasteiger partial charge on any atom is 0.184 e. The average molecular weight is 304 g/mol. The fourth-order valence-corrected chi connectivity index (χ4v) is 2.83. The predicted octanol–water partition coefficient (Wildman–Crippen LogP) is 4.86. The summed E-state index contributed by atoms with van der Waals surface area (Å²) in [5, 5.41) is 0.595. The van der Waals surface area contributed by atoms with Crippen LogP contribution in [0.25, 0.3) is 16.9 Å². The SMILES string of the molecule is CC(C)c1ccccc1-n1c(=S)[nH]c2cc(Cl)cnc21. The maximum absolute atomic E-state index is 5.98. The van der Waals surface area contributed by atoms with Gasteiger partial charge in [-0.1, -0.05) is 43.6 Å². The molecule has 0 spiro atoms. The van der Waals surface area contributed by atoms with Crippen molar-refractivity contribution >= 4 is 35.0 Å². The van der Waals surface area contributed by atoms with Crippen molar-refractivity contribution in [2.75, 3.05) is 0 Å². The summed E-state index contributed by atoms with van der Waals surface area (Å²) >= 11 is 11.4. The first-order chi connectivity index (χ1) is 9.58. The highest BCUT2D eigenvalue weighted by atomic mass is 35.5. The Morgan fingerprint density at radius 2 is 2.05 bits per heavy atom. The number of para-hydroxylation sites is 1. The van der Waals surface area contributed by atoms with Crippen LogP contribution in [-0.2, 0) is 0 Å². The number of pyridine rings is 1. The van der Waals surface area contributed by atoms with Gasteiger partial charge < -0.3 is 4.98 Å². The van der Waals surface area contributed by atoms with E-state index in [1.54, 1.807) is 6.20 Å². The van der Waals surface area contributed by atoms with E-state index in [9.17, 15) is 0 Å². The van der Waals surface area contributed by atoms with Crippen molar-refractivity contribution in [1.29, 1.82) is 0 Å². The molecule has 20 heavy (non-hydrogen) atoms. The van der Waals surface area contributed by atoms with Crippen LogP contribution in [0.2, 0.25) is 5.02 Å². The molecule has 3 rings (SSSR count). The summed E-state index contributed by atoms with van der Waals surface area (Å²) in [4.78, 5) is 7.57. The monoisotopic (exact) mass is 303 g/mol. The molecule has 102 valence electrons. The van der Waals surface area contributed by atoms with Gasteiger partial charge in [-0.15, -0.1) is 0 Å². The van der Waals surface area contributed by atoms with E-state index in [1.165, 1.54) is 5.56 Å². The first-order valence-electron chi connectivity index (χ1n) is 6.43. The van der Waals surface area contributed by atoms with Crippen molar-refractivity contribution in [3.63, 3.8) is 0 Å². The summed E-state index contributed by atoms with van der Waals surface area (Å²) in [6.45, 7) is 4.34. The second-order valence-electron chi connectivity index (χ2n) is 5.00. The zero-order valence-electron chi connectivity index (χ0n) is 11.2. The van der Waals surface area contributed by atoms with Gasteiger partial charge in [0.25, 0.3) is 0 Å². The number of hydrogen-bond acceptors (Lipinski definition) is 2. The van der Waals surface area contributed by atoms with E-state index in [0.29, 0.717) is 15.7 Å². The molecule has 1 aromatic carbocycles. The second-order valence-corrected chi connectivity index (χ2v) is 5.83. The predicted molar refractivity (Wildman–Crippen MR) is 85.4 cm³/mol. The number of benzene rings is 1. The van der Waals surface area contributed by atoms with Crippen LogP contribution in [0.15, 0.2) is 36.5 Å². The fraction of sp³-hybridized carbons (Fsp3) is 0.200. The molecule has 1 N–H and O–H groups in total. The Kier molecular flexibility index (Phi) is 3.36. The second kappa shape index (κ2) is 5.04. The number of aromatic amines is 1. The Hall–Kier alpha value is -1.65. The standard InChI is InChI=1S/C15H14ClN3S/c1-9(2)11-5-3-4-6-13(11)19-14-12(18-15(19)20)7-10(16)8-17-14/h3-9H,1-2H3,(H,18,20). The topological polar surface area (TPSA) is 33.6 Å². The van der Waals surface area contributed by atoms with E-state index in [-0.39, 0.29) is 0 Å². The number of nitrogens with zero attached hydrogens (tertiary/aromatic N) is 2. The number of aromatic nitrogens is 3. The highest BCUT2D eigenvalue weighted by Gasteiger charge is 2.13. The van der Waals surface area contributed by atoms with Crippen molar-refractivity contribution in [2.45, 2.75) is 19.8 Å². The lowest BCUT2D eigenvalue weighted by molar-refractivity contribution is 0.846. The number of H-pyrrole nitrogens is 1. The molecule has 3 aromatic rings. The lowest BCUT2D eigenvalue weighted by atomic mass is 10.0. The van der Waals surface area contributed by atoms with Gasteiger partial charge in [0, 0.05) is 6.20 Å². The zero-order valence-corrected chi connectivity index (χ0v) is 12.8. The van der Waals surface area contributed by atoms with Crippen LogP contribution >= 0.6 is 23.8 Å². The van der Waals surface area contributed by atoms with Crippen molar-refractivity contribution in [3.05, 3.63) is 51.9 Å². The molecule has 0 radical (unpaired) electrons. The number of imidazole rings is 1. The third-order valence-corrected chi connectivity index (χ3v) is 3.78.